The molecule has 2 aromatic rings. The van der Waals surface area contributed by atoms with Gasteiger partial charge in [0.25, 0.3) is 0 Å². The highest BCUT2D eigenvalue weighted by Gasteiger charge is 2.17. The summed E-state index contributed by atoms with van der Waals surface area (Å²) in [5.74, 6) is -0.995. The van der Waals surface area contributed by atoms with Crippen molar-refractivity contribution in [2.45, 2.75) is 0 Å². The summed E-state index contributed by atoms with van der Waals surface area (Å²) in [4.78, 5) is 17.0. The highest BCUT2D eigenvalue weighted by molar-refractivity contribution is 6.35. The highest BCUT2D eigenvalue weighted by atomic mass is 35.5. The van der Waals surface area contributed by atoms with E-state index in [1.807, 2.05) is 0 Å². The fraction of sp³-hybridized carbons (Fsp3) is 0. The summed E-state index contributed by atoms with van der Waals surface area (Å²) in [6, 6.07) is 1.87. The lowest BCUT2D eigenvalue weighted by Gasteiger charge is -2.00. The molecule has 1 aromatic carbocycles. The summed E-state index contributed by atoms with van der Waals surface area (Å²) < 4.78 is 13.3. The van der Waals surface area contributed by atoms with Gasteiger partial charge in [0.15, 0.2) is 0 Å². The van der Waals surface area contributed by atoms with Gasteiger partial charge < -0.3 is 0 Å². The van der Waals surface area contributed by atoms with Crippen molar-refractivity contribution in [1.29, 1.82) is 0 Å². The monoisotopic (exact) mass is 261 g/mol. The third-order valence-corrected chi connectivity index (χ3v) is 2.34. The number of benzene rings is 1. The SMILES string of the molecule is O=[N+]([O-])c1cc2nc(Cl)nc(Cl)c2cc1F. The van der Waals surface area contributed by atoms with Crippen molar-refractivity contribution in [2.75, 3.05) is 0 Å². The van der Waals surface area contributed by atoms with Gasteiger partial charge in [-0.15, -0.1) is 0 Å². The number of rotatable bonds is 1. The Kier molecular flexibility index (Phi) is 2.61. The number of hydrogen-bond donors (Lipinski definition) is 0. The average molecular weight is 262 g/mol. The number of nitro benzene ring substituents is 1. The molecule has 0 atom stereocenters. The molecule has 8 heteroatoms. The second-order valence-corrected chi connectivity index (χ2v) is 3.56. The Morgan fingerprint density at radius 3 is 2.62 bits per heavy atom. The molecule has 0 unspecified atom stereocenters. The predicted octanol–water partition coefficient (Wildman–Crippen LogP) is 2.98. The van der Waals surface area contributed by atoms with E-state index in [0.29, 0.717) is 0 Å². The Balaban J connectivity index is 2.84. The molecule has 0 aliphatic heterocycles. The van der Waals surface area contributed by atoms with E-state index in [2.05, 4.69) is 9.97 Å². The first kappa shape index (κ1) is 11.0. The maximum atomic E-state index is 13.3. The van der Waals surface area contributed by atoms with Gasteiger partial charge in [0, 0.05) is 11.5 Å². The van der Waals surface area contributed by atoms with E-state index in [4.69, 9.17) is 23.2 Å². The predicted molar refractivity (Wildman–Crippen MR) is 56.2 cm³/mol. The molecule has 2 rings (SSSR count). The van der Waals surface area contributed by atoms with Gasteiger partial charge in [0.2, 0.25) is 11.1 Å². The number of nitro groups is 1. The number of nitrogens with zero attached hydrogens (tertiary/aromatic N) is 3. The van der Waals surface area contributed by atoms with E-state index in [9.17, 15) is 14.5 Å². The molecule has 1 heterocycles. The zero-order valence-electron chi connectivity index (χ0n) is 7.45. The summed E-state index contributed by atoms with van der Waals surface area (Å²) in [5, 5.41) is 10.5. The molecule has 0 bridgehead atoms. The van der Waals surface area contributed by atoms with Crippen molar-refractivity contribution in [1.82, 2.24) is 9.97 Å². The van der Waals surface area contributed by atoms with E-state index < -0.39 is 16.4 Å². The van der Waals surface area contributed by atoms with Gasteiger partial charge in [0.1, 0.15) is 5.15 Å². The minimum atomic E-state index is -0.995. The van der Waals surface area contributed by atoms with Crippen molar-refractivity contribution in [3.63, 3.8) is 0 Å². The highest BCUT2D eigenvalue weighted by Crippen LogP contribution is 2.28. The molecule has 0 radical (unpaired) electrons. The van der Waals surface area contributed by atoms with Crippen LogP contribution < -0.4 is 0 Å². The minimum absolute atomic E-state index is 0.0520. The maximum Gasteiger partial charge on any atom is 0.306 e. The Bertz CT molecular complexity index is 605. The lowest BCUT2D eigenvalue weighted by atomic mass is 10.2. The van der Waals surface area contributed by atoms with Crippen LogP contribution >= 0.6 is 23.2 Å². The molecular formula is C8H2Cl2FN3O2. The van der Waals surface area contributed by atoms with Crippen molar-refractivity contribution >= 4 is 39.8 Å². The number of hydrogen-bond acceptors (Lipinski definition) is 4. The molecule has 0 saturated heterocycles. The first-order valence-corrected chi connectivity index (χ1v) is 4.71. The normalized spacial score (nSPS) is 10.7. The fourth-order valence-electron chi connectivity index (χ4n) is 1.21. The standard InChI is InChI=1S/C8H2Cl2FN3O2/c9-7-3-1-4(11)6(14(15)16)2-5(3)12-8(10)13-7/h1-2H. The fourth-order valence-corrected chi connectivity index (χ4v) is 1.66. The Morgan fingerprint density at radius 1 is 1.31 bits per heavy atom. The van der Waals surface area contributed by atoms with Crippen LogP contribution in [-0.4, -0.2) is 14.9 Å². The molecule has 16 heavy (non-hydrogen) atoms. The quantitative estimate of drug-likeness (QED) is 0.343. The minimum Gasteiger partial charge on any atom is -0.258 e. The van der Waals surface area contributed by atoms with Gasteiger partial charge in [-0.1, -0.05) is 11.6 Å². The molecule has 0 saturated carbocycles. The Hall–Kier alpha value is -1.53. The van der Waals surface area contributed by atoms with Crippen LogP contribution in [0.2, 0.25) is 10.4 Å². The van der Waals surface area contributed by atoms with Gasteiger partial charge in [-0.3, -0.25) is 10.1 Å². The summed E-state index contributed by atoms with van der Waals surface area (Å²) in [6.07, 6.45) is 0. The zero-order chi connectivity index (χ0) is 11.9. The van der Waals surface area contributed by atoms with E-state index >= 15 is 0 Å². The van der Waals surface area contributed by atoms with Crippen LogP contribution in [0.25, 0.3) is 10.9 Å². The van der Waals surface area contributed by atoms with Crippen molar-refractivity contribution in [3.05, 3.63) is 38.5 Å². The van der Waals surface area contributed by atoms with Gasteiger partial charge in [0.05, 0.1) is 10.4 Å². The summed E-state index contributed by atoms with van der Waals surface area (Å²) in [7, 11) is 0. The molecule has 1 aromatic heterocycles. The largest absolute Gasteiger partial charge is 0.306 e. The van der Waals surface area contributed by atoms with E-state index in [-0.39, 0.29) is 21.3 Å². The smallest absolute Gasteiger partial charge is 0.258 e. The van der Waals surface area contributed by atoms with E-state index in [1.165, 1.54) is 0 Å². The summed E-state index contributed by atoms with van der Waals surface area (Å²) in [5.41, 5.74) is -0.559. The lowest BCUT2D eigenvalue weighted by Crippen LogP contribution is -1.95. The molecule has 0 spiro atoms. The van der Waals surface area contributed by atoms with Crippen LogP contribution in [0.5, 0.6) is 0 Å². The third-order valence-electron chi connectivity index (χ3n) is 1.89. The van der Waals surface area contributed by atoms with Crippen LogP contribution in [0.15, 0.2) is 12.1 Å². The first-order chi connectivity index (χ1) is 7.49. The summed E-state index contributed by atoms with van der Waals surface area (Å²) >= 11 is 11.2. The second-order valence-electron chi connectivity index (χ2n) is 2.86. The average Bonchev–Trinajstić information content (AvgIpc) is 2.18. The van der Waals surface area contributed by atoms with Gasteiger partial charge in [-0.25, -0.2) is 9.97 Å². The first-order valence-electron chi connectivity index (χ1n) is 3.95. The van der Waals surface area contributed by atoms with Crippen molar-refractivity contribution in [3.8, 4) is 0 Å². The van der Waals surface area contributed by atoms with Crippen LogP contribution in [0, 0.1) is 15.9 Å². The maximum absolute atomic E-state index is 13.3. The second kappa shape index (κ2) is 3.80. The molecule has 5 nitrogen and oxygen atoms in total. The molecule has 0 aliphatic carbocycles. The topological polar surface area (TPSA) is 68.9 Å². The lowest BCUT2D eigenvalue weighted by molar-refractivity contribution is -0.387. The molecule has 0 fully saturated rings. The summed E-state index contributed by atoms with van der Waals surface area (Å²) in [6.45, 7) is 0. The Labute approximate surface area is 98.0 Å². The van der Waals surface area contributed by atoms with Gasteiger partial charge in [-0.2, -0.15) is 4.39 Å². The third kappa shape index (κ3) is 1.77. The number of fused-ring (bicyclic) bond motifs is 1. The zero-order valence-corrected chi connectivity index (χ0v) is 8.96. The van der Waals surface area contributed by atoms with E-state index in [0.717, 1.165) is 12.1 Å². The molecule has 0 amide bonds. The molecular weight excluding hydrogens is 260 g/mol. The van der Waals surface area contributed by atoms with Gasteiger partial charge in [-0.05, 0) is 17.7 Å². The van der Waals surface area contributed by atoms with Crippen LogP contribution in [-0.2, 0) is 0 Å². The van der Waals surface area contributed by atoms with Crippen molar-refractivity contribution in [2.24, 2.45) is 0 Å². The van der Waals surface area contributed by atoms with Gasteiger partial charge >= 0.3 is 5.69 Å². The molecule has 0 N–H and O–H groups in total. The van der Waals surface area contributed by atoms with Crippen LogP contribution in [0.1, 0.15) is 0 Å². The van der Waals surface area contributed by atoms with Crippen LogP contribution in [0.4, 0.5) is 10.1 Å². The van der Waals surface area contributed by atoms with Crippen LogP contribution in [0.3, 0.4) is 0 Å². The molecule has 0 aliphatic rings. The van der Waals surface area contributed by atoms with Crippen molar-refractivity contribution < 1.29 is 9.31 Å². The Morgan fingerprint density at radius 2 is 2.00 bits per heavy atom. The number of halogens is 3. The van der Waals surface area contributed by atoms with E-state index in [1.54, 1.807) is 0 Å². The molecule has 82 valence electrons. The number of aromatic nitrogens is 2.